The Kier molecular flexibility index (Phi) is 6.08. The van der Waals surface area contributed by atoms with E-state index in [0.29, 0.717) is 12.6 Å². The second kappa shape index (κ2) is 7.09. The van der Waals surface area contributed by atoms with Crippen LogP contribution >= 0.6 is 0 Å². The first-order valence-corrected chi connectivity index (χ1v) is 5.55. The molecule has 6 heteroatoms. The Labute approximate surface area is 93.3 Å². The zero-order valence-electron chi connectivity index (χ0n) is 9.18. The van der Waals surface area contributed by atoms with Crippen molar-refractivity contribution in [2.75, 3.05) is 32.9 Å². The van der Waals surface area contributed by atoms with Crippen molar-refractivity contribution in [3.63, 3.8) is 0 Å². The number of nitrogens with one attached hydrogen (secondary N) is 1. The first kappa shape index (κ1) is 13.7. The van der Waals surface area contributed by atoms with Crippen molar-refractivity contribution < 1.29 is 22.6 Å². The van der Waals surface area contributed by atoms with Crippen LogP contribution in [0.25, 0.3) is 0 Å². The van der Waals surface area contributed by atoms with Crippen molar-refractivity contribution in [3.05, 3.63) is 0 Å². The van der Waals surface area contributed by atoms with Crippen LogP contribution in [0.3, 0.4) is 0 Å². The van der Waals surface area contributed by atoms with Gasteiger partial charge in [0.05, 0.1) is 12.7 Å². The molecule has 16 heavy (non-hydrogen) atoms. The number of halogens is 3. The summed E-state index contributed by atoms with van der Waals surface area (Å²) < 4.78 is 44.9. The van der Waals surface area contributed by atoms with Crippen molar-refractivity contribution in [2.45, 2.75) is 31.5 Å². The van der Waals surface area contributed by atoms with Crippen molar-refractivity contribution >= 4 is 0 Å². The molecule has 1 aliphatic rings. The van der Waals surface area contributed by atoms with Gasteiger partial charge in [0.15, 0.2) is 0 Å². The van der Waals surface area contributed by atoms with E-state index in [-0.39, 0.29) is 6.61 Å². The van der Waals surface area contributed by atoms with Crippen LogP contribution < -0.4 is 5.32 Å². The van der Waals surface area contributed by atoms with Crippen LogP contribution in [0, 0.1) is 0 Å². The molecular weight excluding hydrogens is 223 g/mol. The van der Waals surface area contributed by atoms with E-state index in [1.165, 1.54) is 0 Å². The highest BCUT2D eigenvalue weighted by atomic mass is 19.4. The lowest BCUT2D eigenvalue weighted by Gasteiger charge is -2.10. The molecular formula is C10H18F3NO2. The van der Waals surface area contributed by atoms with Gasteiger partial charge >= 0.3 is 6.18 Å². The third kappa shape index (κ3) is 7.03. The molecule has 96 valence electrons. The normalized spacial score (nSPS) is 21.6. The summed E-state index contributed by atoms with van der Waals surface area (Å²) in [4.78, 5) is 0. The molecule has 0 amide bonds. The zero-order chi connectivity index (χ0) is 11.9. The minimum absolute atomic E-state index is 0.0883. The summed E-state index contributed by atoms with van der Waals surface area (Å²) in [6, 6.07) is 0. The van der Waals surface area contributed by atoms with E-state index < -0.39 is 12.8 Å². The van der Waals surface area contributed by atoms with Crippen LogP contribution in [-0.2, 0) is 9.47 Å². The van der Waals surface area contributed by atoms with Crippen LogP contribution in [0.2, 0.25) is 0 Å². The topological polar surface area (TPSA) is 30.5 Å². The predicted molar refractivity (Wildman–Crippen MR) is 53.3 cm³/mol. The lowest BCUT2D eigenvalue weighted by molar-refractivity contribution is -0.173. The highest BCUT2D eigenvalue weighted by Gasteiger charge is 2.27. The summed E-state index contributed by atoms with van der Waals surface area (Å²) in [6.45, 7) is 0.966. The van der Waals surface area contributed by atoms with Gasteiger partial charge in [-0.1, -0.05) is 0 Å². The Balaban J connectivity index is 1.81. The maximum Gasteiger partial charge on any atom is 0.411 e. The van der Waals surface area contributed by atoms with Crippen LogP contribution in [0.1, 0.15) is 19.3 Å². The SMILES string of the molecule is FC(F)(F)COCCNCCC1CCCO1. The number of hydrogen-bond donors (Lipinski definition) is 1. The molecule has 1 N–H and O–H groups in total. The smallest absolute Gasteiger partial charge is 0.378 e. The molecule has 0 aromatic carbocycles. The third-order valence-corrected chi connectivity index (χ3v) is 2.36. The second-order valence-corrected chi connectivity index (χ2v) is 3.84. The summed E-state index contributed by atoms with van der Waals surface area (Å²) in [5, 5.41) is 3.03. The van der Waals surface area contributed by atoms with Gasteiger partial charge in [0.25, 0.3) is 0 Å². The van der Waals surface area contributed by atoms with E-state index in [1.807, 2.05) is 0 Å². The van der Waals surface area contributed by atoms with Gasteiger partial charge in [-0.05, 0) is 25.8 Å². The molecule has 1 rings (SSSR count). The molecule has 0 saturated carbocycles. The molecule has 1 saturated heterocycles. The Morgan fingerprint density at radius 2 is 2.12 bits per heavy atom. The quantitative estimate of drug-likeness (QED) is 0.688. The maximum atomic E-state index is 11.7. The van der Waals surface area contributed by atoms with Crippen molar-refractivity contribution in [1.29, 1.82) is 0 Å². The van der Waals surface area contributed by atoms with E-state index in [2.05, 4.69) is 10.1 Å². The van der Waals surface area contributed by atoms with E-state index >= 15 is 0 Å². The van der Waals surface area contributed by atoms with Crippen molar-refractivity contribution in [1.82, 2.24) is 5.32 Å². The van der Waals surface area contributed by atoms with Gasteiger partial charge in [-0.15, -0.1) is 0 Å². The standard InChI is InChI=1S/C10H18F3NO2/c11-10(12,13)8-15-7-5-14-4-3-9-2-1-6-16-9/h9,14H,1-8H2. The molecule has 1 fully saturated rings. The Morgan fingerprint density at radius 3 is 2.75 bits per heavy atom. The molecule has 0 aliphatic carbocycles. The lowest BCUT2D eigenvalue weighted by Crippen LogP contribution is -2.26. The molecule has 0 aromatic rings. The Morgan fingerprint density at radius 1 is 1.31 bits per heavy atom. The summed E-state index contributed by atoms with van der Waals surface area (Å²) in [5.41, 5.74) is 0. The van der Waals surface area contributed by atoms with E-state index in [4.69, 9.17) is 4.74 Å². The van der Waals surface area contributed by atoms with Gasteiger partial charge in [0.1, 0.15) is 6.61 Å². The van der Waals surface area contributed by atoms with Gasteiger partial charge in [0.2, 0.25) is 0 Å². The summed E-state index contributed by atoms with van der Waals surface area (Å²) in [7, 11) is 0. The fourth-order valence-corrected chi connectivity index (χ4v) is 1.59. The fourth-order valence-electron chi connectivity index (χ4n) is 1.59. The van der Waals surface area contributed by atoms with Gasteiger partial charge in [-0.3, -0.25) is 0 Å². The number of ether oxygens (including phenoxy) is 2. The molecule has 0 aromatic heterocycles. The molecule has 1 atom stereocenters. The first-order valence-electron chi connectivity index (χ1n) is 5.55. The molecule has 1 unspecified atom stereocenters. The van der Waals surface area contributed by atoms with Gasteiger partial charge < -0.3 is 14.8 Å². The van der Waals surface area contributed by atoms with Gasteiger partial charge in [-0.25, -0.2) is 0 Å². The van der Waals surface area contributed by atoms with E-state index in [0.717, 1.165) is 32.4 Å². The lowest BCUT2D eigenvalue weighted by atomic mass is 10.2. The monoisotopic (exact) mass is 241 g/mol. The van der Waals surface area contributed by atoms with Crippen molar-refractivity contribution in [3.8, 4) is 0 Å². The van der Waals surface area contributed by atoms with Gasteiger partial charge in [0, 0.05) is 13.2 Å². The predicted octanol–water partition coefficient (Wildman–Crippen LogP) is 1.72. The van der Waals surface area contributed by atoms with Crippen LogP contribution in [0.15, 0.2) is 0 Å². The minimum atomic E-state index is -4.22. The Hall–Kier alpha value is -0.330. The number of rotatable bonds is 7. The average molecular weight is 241 g/mol. The highest BCUT2D eigenvalue weighted by Crippen LogP contribution is 2.14. The average Bonchev–Trinajstić information content (AvgIpc) is 2.67. The third-order valence-electron chi connectivity index (χ3n) is 2.36. The maximum absolute atomic E-state index is 11.7. The summed E-state index contributed by atoms with van der Waals surface area (Å²) >= 11 is 0. The number of alkyl halides is 3. The van der Waals surface area contributed by atoms with Crippen LogP contribution in [0.4, 0.5) is 13.2 Å². The Bertz CT molecular complexity index is 181. The molecule has 0 bridgehead atoms. The summed E-state index contributed by atoms with van der Waals surface area (Å²) in [6.07, 6.45) is -0.786. The van der Waals surface area contributed by atoms with Crippen molar-refractivity contribution in [2.24, 2.45) is 0 Å². The summed E-state index contributed by atoms with van der Waals surface area (Å²) in [5.74, 6) is 0. The molecule has 1 heterocycles. The number of hydrogen-bond acceptors (Lipinski definition) is 3. The van der Waals surface area contributed by atoms with Crippen LogP contribution in [0.5, 0.6) is 0 Å². The molecule has 1 aliphatic heterocycles. The minimum Gasteiger partial charge on any atom is -0.378 e. The molecule has 0 radical (unpaired) electrons. The second-order valence-electron chi connectivity index (χ2n) is 3.84. The van der Waals surface area contributed by atoms with E-state index in [9.17, 15) is 13.2 Å². The highest BCUT2D eigenvalue weighted by molar-refractivity contribution is 4.65. The largest absolute Gasteiger partial charge is 0.411 e. The fraction of sp³-hybridized carbons (Fsp3) is 1.00. The first-order chi connectivity index (χ1) is 7.58. The molecule has 3 nitrogen and oxygen atoms in total. The zero-order valence-corrected chi connectivity index (χ0v) is 9.18. The molecule has 0 spiro atoms. The van der Waals surface area contributed by atoms with E-state index in [1.54, 1.807) is 0 Å². The van der Waals surface area contributed by atoms with Crippen LogP contribution in [-0.4, -0.2) is 45.2 Å². The van der Waals surface area contributed by atoms with Gasteiger partial charge in [-0.2, -0.15) is 13.2 Å².